The molecular weight excluding hydrogens is 188 g/mol. The summed E-state index contributed by atoms with van der Waals surface area (Å²) in [5.41, 5.74) is 0. The van der Waals surface area contributed by atoms with Crippen LogP contribution < -0.4 is 0 Å². The van der Waals surface area contributed by atoms with Gasteiger partial charge in [0.2, 0.25) is 0 Å². The van der Waals surface area contributed by atoms with Crippen molar-refractivity contribution in [2.45, 2.75) is 51.7 Å². The summed E-state index contributed by atoms with van der Waals surface area (Å²) in [4.78, 5) is 0. The molecule has 0 bridgehead atoms. The van der Waals surface area contributed by atoms with Gasteiger partial charge in [0.15, 0.2) is 12.6 Å². The number of hydrogen-bond acceptors (Lipinski definition) is 5. The van der Waals surface area contributed by atoms with Gasteiger partial charge in [0.05, 0.1) is 6.10 Å². The van der Waals surface area contributed by atoms with E-state index in [0.717, 1.165) is 0 Å². The quantitative estimate of drug-likeness (QED) is 0.564. The molecule has 0 spiro atoms. The molecule has 0 aromatic heterocycles. The molecule has 0 amide bonds. The minimum atomic E-state index is -1.29. The molecule has 1 aliphatic heterocycles. The molecule has 0 aromatic rings. The third-order valence-corrected chi connectivity index (χ3v) is 2.33. The zero-order valence-corrected chi connectivity index (χ0v) is 8.62. The second-order valence-electron chi connectivity index (χ2n) is 3.92. The molecule has 1 heterocycles. The summed E-state index contributed by atoms with van der Waals surface area (Å²) in [6, 6.07) is 0. The summed E-state index contributed by atoms with van der Waals surface area (Å²) in [5, 5.41) is 28.3. The van der Waals surface area contributed by atoms with E-state index < -0.39 is 30.7 Å². The van der Waals surface area contributed by atoms with Gasteiger partial charge in [-0.2, -0.15) is 0 Å². The van der Waals surface area contributed by atoms with Gasteiger partial charge in [-0.15, -0.1) is 0 Å². The van der Waals surface area contributed by atoms with E-state index in [-0.39, 0.29) is 6.10 Å². The van der Waals surface area contributed by atoms with Gasteiger partial charge in [-0.3, -0.25) is 0 Å². The van der Waals surface area contributed by atoms with Crippen molar-refractivity contribution in [1.29, 1.82) is 0 Å². The lowest BCUT2D eigenvalue weighted by molar-refractivity contribution is -0.335. The standard InChI is InChI=1S/C9H18O5/c1-4(2)13-9-7(11)5(3)6(10)8(12)14-9/h4-12H,1-3H3. The van der Waals surface area contributed by atoms with E-state index in [2.05, 4.69) is 0 Å². The molecule has 3 N–H and O–H groups in total. The highest BCUT2D eigenvalue weighted by atomic mass is 16.7. The predicted molar refractivity (Wildman–Crippen MR) is 48.3 cm³/mol. The van der Waals surface area contributed by atoms with E-state index in [1.807, 2.05) is 0 Å². The Bertz CT molecular complexity index is 184. The van der Waals surface area contributed by atoms with Gasteiger partial charge in [-0.25, -0.2) is 0 Å². The van der Waals surface area contributed by atoms with Crippen molar-refractivity contribution >= 4 is 0 Å². The van der Waals surface area contributed by atoms with Crippen molar-refractivity contribution in [2.24, 2.45) is 5.92 Å². The molecule has 1 aliphatic rings. The second-order valence-corrected chi connectivity index (χ2v) is 3.92. The van der Waals surface area contributed by atoms with Crippen LogP contribution in [0.2, 0.25) is 0 Å². The average molecular weight is 206 g/mol. The van der Waals surface area contributed by atoms with Crippen LogP contribution in [0.1, 0.15) is 20.8 Å². The number of aliphatic hydroxyl groups excluding tert-OH is 3. The maximum absolute atomic E-state index is 9.65. The third kappa shape index (κ3) is 2.43. The minimum Gasteiger partial charge on any atom is -0.387 e. The van der Waals surface area contributed by atoms with Crippen molar-refractivity contribution in [3.63, 3.8) is 0 Å². The zero-order valence-electron chi connectivity index (χ0n) is 8.62. The fourth-order valence-electron chi connectivity index (χ4n) is 1.39. The first-order chi connectivity index (χ1) is 6.43. The van der Waals surface area contributed by atoms with Crippen LogP contribution in [-0.2, 0) is 9.47 Å². The molecule has 0 saturated carbocycles. The van der Waals surface area contributed by atoms with Gasteiger partial charge < -0.3 is 24.8 Å². The van der Waals surface area contributed by atoms with E-state index in [0.29, 0.717) is 0 Å². The van der Waals surface area contributed by atoms with Gasteiger partial charge in [0.1, 0.15) is 12.2 Å². The molecule has 0 radical (unpaired) electrons. The van der Waals surface area contributed by atoms with Gasteiger partial charge in [0, 0.05) is 5.92 Å². The molecule has 5 atom stereocenters. The maximum atomic E-state index is 9.65. The van der Waals surface area contributed by atoms with Crippen molar-refractivity contribution in [3.8, 4) is 0 Å². The summed E-state index contributed by atoms with van der Waals surface area (Å²) < 4.78 is 10.2. The van der Waals surface area contributed by atoms with E-state index in [4.69, 9.17) is 9.47 Å². The number of ether oxygens (including phenoxy) is 2. The maximum Gasteiger partial charge on any atom is 0.187 e. The van der Waals surface area contributed by atoms with Crippen LogP contribution in [0.5, 0.6) is 0 Å². The Hall–Kier alpha value is -0.200. The summed E-state index contributed by atoms with van der Waals surface area (Å²) in [6.07, 6.45) is -4.27. The summed E-state index contributed by atoms with van der Waals surface area (Å²) in [7, 11) is 0. The highest BCUT2D eigenvalue weighted by Crippen LogP contribution is 2.25. The normalized spacial score (nSPS) is 44.4. The van der Waals surface area contributed by atoms with Crippen LogP contribution in [0.15, 0.2) is 0 Å². The molecule has 1 saturated heterocycles. The largest absolute Gasteiger partial charge is 0.387 e. The van der Waals surface area contributed by atoms with Crippen molar-refractivity contribution in [1.82, 2.24) is 0 Å². The van der Waals surface area contributed by atoms with Crippen molar-refractivity contribution < 1.29 is 24.8 Å². The molecule has 5 unspecified atom stereocenters. The summed E-state index contributed by atoms with van der Waals surface area (Å²) in [6.45, 7) is 5.24. The van der Waals surface area contributed by atoms with Crippen LogP contribution in [0.25, 0.3) is 0 Å². The summed E-state index contributed by atoms with van der Waals surface area (Å²) in [5.74, 6) is -0.470. The molecule has 1 rings (SSSR count). The second kappa shape index (κ2) is 4.55. The molecule has 0 aliphatic carbocycles. The lowest BCUT2D eigenvalue weighted by Gasteiger charge is -2.39. The first-order valence-corrected chi connectivity index (χ1v) is 4.78. The Morgan fingerprint density at radius 1 is 1.14 bits per heavy atom. The monoisotopic (exact) mass is 206 g/mol. The molecule has 14 heavy (non-hydrogen) atoms. The summed E-state index contributed by atoms with van der Waals surface area (Å²) >= 11 is 0. The number of rotatable bonds is 2. The molecular formula is C9H18O5. The van der Waals surface area contributed by atoms with Crippen LogP contribution in [0, 0.1) is 5.92 Å². The fraction of sp³-hybridized carbons (Fsp3) is 1.00. The fourth-order valence-corrected chi connectivity index (χ4v) is 1.39. The van der Waals surface area contributed by atoms with Crippen LogP contribution in [-0.4, -0.2) is 46.2 Å². The molecule has 5 heteroatoms. The minimum absolute atomic E-state index is 0.107. The lowest BCUT2D eigenvalue weighted by atomic mass is 9.94. The van der Waals surface area contributed by atoms with Gasteiger partial charge in [-0.1, -0.05) is 6.92 Å². The zero-order chi connectivity index (χ0) is 10.9. The van der Waals surface area contributed by atoms with Crippen LogP contribution >= 0.6 is 0 Å². The predicted octanol–water partition coefficient (Wildman–Crippen LogP) is -0.556. The van der Waals surface area contributed by atoms with Crippen molar-refractivity contribution in [2.75, 3.05) is 0 Å². The highest BCUT2D eigenvalue weighted by Gasteiger charge is 2.42. The number of aliphatic hydroxyl groups is 3. The Morgan fingerprint density at radius 2 is 1.71 bits per heavy atom. The van der Waals surface area contributed by atoms with E-state index in [1.165, 1.54) is 0 Å². The molecule has 5 nitrogen and oxygen atoms in total. The molecule has 0 aromatic carbocycles. The van der Waals surface area contributed by atoms with E-state index in [9.17, 15) is 15.3 Å². The molecule has 84 valence electrons. The van der Waals surface area contributed by atoms with Gasteiger partial charge >= 0.3 is 0 Å². The molecule has 1 fully saturated rings. The Kier molecular flexibility index (Phi) is 3.86. The smallest absolute Gasteiger partial charge is 0.187 e. The van der Waals surface area contributed by atoms with Gasteiger partial charge in [0.25, 0.3) is 0 Å². The topological polar surface area (TPSA) is 79.2 Å². The Balaban J connectivity index is 2.60. The van der Waals surface area contributed by atoms with Crippen LogP contribution in [0.4, 0.5) is 0 Å². The highest BCUT2D eigenvalue weighted by molar-refractivity contribution is 4.82. The number of hydrogen-bond donors (Lipinski definition) is 3. The van der Waals surface area contributed by atoms with E-state index in [1.54, 1.807) is 20.8 Å². The lowest BCUT2D eigenvalue weighted by Crippen LogP contribution is -2.54. The third-order valence-electron chi connectivity index (χ3n) is 2.33. The van der Waals surface area contributed by atoms with Crippen molar-refractivity contribution in [3.05, 3.63) is 0 Å². The average Bonchev–Trinajstić information content (AvgIpc) is 2.10. The first-order valence-electron chi connectivity index (χ1n) is 4.78. The van der Waals surface area contributed by atoms with E-state index >= 15 is 0 Å². The van der Waals surface area contributed by atoms with Crippen LogP contribution in [0.3, 0.4) is 0 Å². The Morgan fingerprint density at radius 3 is 2.21 bits per heavy atom. The Labute approximate surface area is 83.3 Å². The first kappa shape index (κ1) is 11.9. The van der Waals surface area contributed by atoms with Gasteiger partial charge in [-0.05, 0) is 13.8 Å². The SMILES string of the molecule is CC(C)OC1OC(O)C(O)C(C)C1O.